The van der Waals surface area contributed by atoms with Gasteiger partial charge in [-0.1, -0.05) is 24.3 Å². The minimum atomic E-state index is -0.271. The number of Topliss-reactive ketones (excluding diaryl/α,β-unsaturated/α-hetero) is 1. The molecule has 1 N–H and O–H groups in total. The molecule has 0 bridgehead atoms. The first-order chi connectivity index (χ1) is 11.5. The van der Waals surface area contributed by atoms with Crippen molar-refractivity contribution < 1.29 is 9.59 Å². The van der Waals surface area contributed by atoms with E-state index in [-0.39, 0.29) is 11.7 Å². The number of aromatic nitrogens is 4. The lowest BCUT2D eigenvalue weighted by Crippen LogP contribution is -2.12. The Morgan fingerprint density at radius 3 is 2.50 bits per heavy atom. The molecule has 0 aliphatic heterocycles. The highest BCUT2D eigenvalue weighted by atomic mass is 16.1. The molecule has 0 aliphatic carbocycles. The van der Waals surface area contributed by atoms with Gasteiger partial charge >= 0.3 is 0 Å². The molecule has 0 fully saturated rings. The van der Waals surface area contributed by atoms with Crippen LogP contribution < -0.4 is 5.32 Å². The lowest BCUT2D eigenvalue weighted by Gasteiger charge is -2.07. The van der Waals surface area contributed by atoms with Gasteiger partial charge < -0.3 is 5.32 Å². The molecule has 120 valence electrons. The maximum atomic E-state index is 12.4. The van der Waals surface area contributed by atoms with Gasteiger partial charge in [0, 0.05) is 29.4 Å². The van der Waals surface area contributed by atoms with Crippen LogP contribution in [0.5, 0.6) is 0 Å². The first-order valence-corrected chi connectivity index (χ1v) is 7.30. The Morgan fingerprint density at radius 2 is 1.79 bits per heavy atom. The number of ketones is 1. The van der Waals surface area contributed by atoms with Crippen molar-refractivity contribution in [3.63, 3.8) is 0 Å². The van der Waals surface area contributed by atoms with Crippen molar-refractivity contribution >= 4 is 17.4 Å². The molecule has 0 radical (unpaired) electrons. The summed E-state index contributed by atoms with van der Waals surface area (Å²) in [5.41, 5.74) is 2.33. The predicted octanol–water partition coefficient (Wildman–Crippen LogP) is 2.33. The fourth-order valence-corrected chi connectivity index (χ4v) is 2.29. The number of aryl methyl sites for hydroxylation is 1. The summed E-state index contributed by atoms with van der Waals surface area (Å²) in [6.07, 6.45) is 0. The number of hydrogen-bond acceptors (Lipinski definition) is 5. The maximum absolute atomic E-state index is 12.4. The Bertz CT molecular complexity index is 917. The van der Waals surface area contributed by atoms with Crippen LogP contribution in [0.15, 0.2) is 48.5 Å². The standard InChI is InChI=1S/C17H15N5O2/c1-11(23)12-5-4-8-15(10-12)18-17(24)14-7-3-6-13(9-14)16-19-20-21-22(16)2/h3-10H,1-2H3,(H,18,24). The topological polar surface area (TPSA) is 89.8 Å². The molecule has 2 aromatic carbocycles. The van der Waals surface area contributed by atoms with E-state index in [1.54, 1.807) is 49.5 Å². The van der Waals surface area contributed by atoms with Crippen molar-refractivity contribution in [1.82, 2.24) is 20.2 Å². The number of carbonyl (C=O) groups is 2. The van der Waals surface area contributed by atoms with Gasteiger partial charge in [0.2, 0.25) is 0 Å². The maximum Gasteiger partial charge on any atom is 0.255 e. The predicted molar refractivity (Wildman–Crippen MR) is 88.6 cm³/mol. The second kappa shape index (κ2) is 6.41. The van der Waals surface area contributed by atoms with Gasteiger partial charge in [0.15, 0.2) is 11.6 Å². The summed E-state index contributed by atoms with van der Waals surface area (Å²) in [5, 5.41) is 14.1. The van der Waals surface area contributed by atoms with Gasteiger partial charge in [-0.3, -0.25) is 9.59 Å². The molecule has 0 spiro atoms. The van der Waals surface area contributed by atoms with E-state index in [4.69, 9.17) is 0 Å². The van der Waals surface area contributed by atoms with Crippen molar-refractivity contribution in [2.75, 3.05) is 5.32 Å². The van der Waals surface area contributed by atoms with Crippen molar-refractivity contribution in [2.24, 2.45) is 7.05 Å². The first kappa shape index (κ1) is 15.5. The molecule has 3 rings (SSSR count). The second-order valence-corrected chi connectivity index (χ2v) is 5.30. The number of anilines is 1. The third kappa shape index (κ3) is 3.19. The van der Waals surface area contributed by atoms with Crippen LogP contribution in [-0.4, -0.2) is 31.9 Å². The number of nitrogens with zero attached hydrogens (tertiary/aromatic N) is 4. The van der Waals surface area contributed by atoms with Crippen LogP contribution in [-0.2, 0) is 7.05 Å². The monoisotopic (exact) mass is 321 g/mol. The van der Waals surface area contributed by atoms with Gasteiger partial charge in [0.25, 0.3) is 5.91 Å². The third-order valence-electron chi connectivity index (χ3n) is 3.53. The molecule has 0 saturated carbocycles. The minimum Gasteiger partial charge on any atom is -0.322 e. The average Bonchev–Trinajstić information content (AvgIpc) is 3.01. The van der Waals surface area contributed by atoms with Crippen LogP contribution in [0.4, 0.5) is 5.69 Å². The highest BCUT2D eigenvalue weighted by molar-refractivity contribution is 6.05. The van der Waals surface area contributed by atoms with Crippen LogP contribution in [0.1, 0.15) is 27.6 Å². The van der Waals surface area contributed by atoms with Gasteiger partial charge in [-0.15, -0.1) is 5.10 Å². The lowest BCUT2D eigenvalue weighted by atomic mass is 10.1. The van der Waals surface area contributed by atoms with Crippen LogP contribution in [0.25, 0.3) is 11.4 Å². The number of benzene rings is 2. The van der Waals surface area contributed by atoms with Crippen molar-refractivity contribution in [2.45, 2.75) is 6.92 Å². The van der Waals surface area contributed by atoms with Crippen molar-refractivity contribution in [3.8, 4) is 11.4 Å². The molecule has 1 heterocycles. The Labute approximate surface area is 138 Å². The minimum absolute atomic E-state index is 0.0529. The zero-order valence-corrected chi connectivity index (χ0v) is 13.2. The normalized spacial score (nSPS) is 10.4. The number of nitrogens with one attached hydrogen (secondary N) is 1. The van der Waals surface area contributed by atoms with E-state index in [1.807, 2.05) is 6.07 Å². The molecule has 3 aromatic rings. The van der Waals surface area contributed by atoms with E-state index < -0.39 is 0 Å². The van der Waals surface area contributed by atoms with E-state index in [0.29, 0.717) is 22.6 Å². The molecule has 0 atom stereocenters. The fourth-order valence-electron chi connectivity index (χ4n) is 2.29. The molecule has 7 nitrogen and oxygen atoms in total. The third-order valence-corrected chi connectivity index (χ3v) is 3.53. The summed E-state index contributed by atoms with van der Waals surface area (Å²) in [5.74, 6) is 0.249. The highest BCUT2D eigenvalue weighted by Crippen LogP contribution is 2.18. The van der Waals surface area contributed by atoms with Crippen molar-refractivity contribution in [3.05, 3.63) is 59.7 Å². The van der Waals surface area contributed by atoms with Crippen molar-refractivity contribution in [1.29, 1.82) is 0 Å². The van der Waals surface area contributed by atoms with Gasteiger partial charge in [-0.25, -0.2) is 4.68 Å². The summed E-state index contributed by atoms with van der Waals surface area (Å²) in [7, 11) is 1.73. The summed E-state index contributed by atoms with van der Waals surface area (Å²) < 4.78 is 1.54. The molecule has 0 saturated heterocycles. The summed E-state index contributed by atoms with van der Waals surface area (Å²) in [4.78, 5) is 23.9. The van der Waals surface area contributed by atoms with Gasteiger partial charge in [0.05, 0.1) is 0 Å². The van der Waals surface area contributed by atoms with E-state index in [2.05, 4.69) is 20.8 Å². The Morgan fingerprint density at radius 1 is 1.04 bits per heavy atom. The fraction of sp³-hybridized carbons (Fsp3) is 0.118. The number of tetrazole rings is 1. The highest BCUT2D eigenvalue weighted by Gasteiger charge is 2.11. The summed E-state index contributed by atoms with van der Waals surface area (Å²) >= 11 is 0. The zero-order chi connectivity index (χ0) is 17.1. The lowest BCUT2D eigenvalue weighted by molar-refractivity contribution is 0.101. The molecule has 24 heavy (non-hydrogen) atoms. The van der Waals surface area contributed by atoms with E-state index >= 15 is 0 Å². The molecular weight excluding hydrogens is 306 g/mol. The average molecular weight is 321 g/mol. The molecule has 1 aromatic heterocycles. The van der Waals surface area contributed by atoms with E-state index in [1.165, 1.54) is 11.6 Å². The van der Waals surface area contributed by atoms with Gasteiger partial charge in [-0.2, -0.15) is 0 Å². The smallest absolute Gasteiger partial charge is 0.255 e. The SMILES string of the molecule is CC(=O)c1cccc(NC(=O)c2cccc(-c3nnnn3C)c2)c1. The molecule has 0 aliphatic rings. The number of rotatable bonds is 4. The summed E-state index contributed by atoms with van der Waals surface area (Å²) in [6.45, 7) is 1.49. The van der Waals surface area contributed by atoms with E-state index in [9.17, 15) is 9.59 Å². The molecule has 1 amide bonds. The Kier molecular flexibility index (Phi) is 4.15. The molecule has 0 unspecified atom stereocenters. The number of amides is 1. The Balaban J connectivity index is 1.84. The first-order valence-electron chi connectivity index (χ1n) is 7.30. The second-order valence-electron chi connectivity index (χ2n) is 5.30. The zero-order valence-electron chi connectivity index (χ0n) is 13.2. The number of hydrogen-bond donors (Lipinski definition) is 1. The Hall–Kier alpha value is -3.35. The van der Waals surface area contributed by atoms with E-state index in [0.717, 1.165) is 5.56 Å². The van der Waals surface area contributed by atoms with Crippen LogP contribution in [0.2, 0.25) is 0 Å². The molecule has 7 heteroatoms. The molecular formula is C17H15N5O2. The van der Waals surface area contributed by atoms with Gasteiger partial charge in [-0.05, 0) is 41.6 Å². The van der Waals surface area contributed by atoms with Crippen LogP contribution >= 0.6 is 0 Å². The van der Waals surface area contributed by atoms with Crippen LogP contribution in [0, 0.1) is 0 Å². The van der Waals surface area contributed by atoms with Crippen LogP contribution in [0.3, 0.4) is 0 Å². The largest absolute Gasteiger partial charge is 0.322 e. The number of carbonyl (C=O) groups excluding carboxylic acids is 2. The quantitative estimate of drug-likeness (QED) is 0.745. The van der Waals surface area contributed by atoms with Gasteiger partial charge in [0.1, 0.15) is 0 Å². The summed E-state index contributed by atoms with van der Waals surface area (Å²) in [6, 6.07) is 13.8.